The van der Waals surface area contributed by atoms with Gasteiger partial charge in [-0.25, -0.2) is 9.97 Å². The van der Waals surface area contributed by atoms with Crippen LogP contribution in [0.25, 0.3) is 11.0 Å². The van der Waals surface area contributed by atoms with Crippen molar-refractivity contribution in [2.75, 3.05) is 17.7 Å². The van der Waals surface area contributed by atoms with Gasteiger partial charge in [-0.3, -0.25) is 4.79 Å². The van der Waals surface area contributed by atoms with E-state index in [2.05, 4.69) is 20.6 Å². The summed E-state index contributed by atoms with van der Waals surface area (Å²) in [7, 11) is 1.79. The predicted octanol–water partition coefficient (Wildman–Crippen LogP) is 2.11. The molecule has 0 saturated heterocycles. The average molecular weight is 281 g/mol. The number of anilines is 2. The Morgan fingerprint density at radius 1 is 1.19 bits per heavy atom. The normalized spacial score (nSPS) is 10.5. The minimum atomic E-state index is -0.145. The summed E-state index contributed by atoms with van der Waals surface area (Å²) in [6.45, 7) is 0.174. The van der Waals surface area contributed by atoms with Crippen molar-refractivity contribution in [1.29, 1.82) is 0 Å². The highest BCUT2D eigenvalue weighted by Crippen LogP contribution is 2.19. The van der Waals surface area contributed by atoms with Crippen molar-refractivity contribution in [3.05, 3.63) is 48.7 Å². The Kier molecular flexibility index (Phi) is 3.51. The van der Waals surface area contributed by atoms with Gasteiger partial charge in [0.2, 0.25) is 11.9 Å². The molecule has 6 heteroatoms. The summed E-state index contributed by atoms with van der Waals surface area (Å²) in [4.78, 5) is 20.7. The second-order valence-corrected chi connectivity index (χ2v) is 4.52. The molecule has 0 aliphatic heterocycles. The summed E-state index contributed by atoms with van der Waals surface area (Å²) in [6.07, 6.45) is 1.64. The van der Waals surface area contributed by atoms with E-state index < -0.39 is 0 Å². The molecule has 3 aromatic rings. The molecule has 6 nitrogen and oxygen atoms in total. The molecule has 2 N–H and O–H groups in total. The van der Waals surface area contributed by atoms with E-state index in [9.17, 15) is 4.79 Å². The summed E-state index contributed by atoms with van der Waals surface area (Å²) in [6, 6.07) is 13.1. The lowest BCUT2D eigenvalue weighted by Gasteiger charge is -2.08. The largest absolute Gasteiger partial charge is 0.359 e. The first-order valence-electron chi connectivity index (χ1n) is 6.62. The zero-order valence-corrected chi connectivity index (χ0v) is 11.6. The number of pyridine rings is 1. The Hall–Kier alpha value is -2.89. The van der Waals surface area contributed by atoms with Crippen molar-refractivity contribution in [2.24, 2.45) is 0 Å². The van der Waals surface area contributed by atoms with Crippen molar-refractivity contribution in [3.8, 4) is 0 Å². The van der Waals surface area contributed by atoms with Crippen LogP contribution in [-0.4, -0.2) is 27.5 Å². The average Bonchev–Trinajstić information content (AvgIpc) is 2.86. The molecular formula is C15H15N5O. The molecule has 3 rings (SSSR count). The van der Waals surface area contributed by atoms with E-state index in [-0.39, 0.29) is 12.5 Å². The number of hydrogen-bond acceptors (Lipinski definition) is 4. The highest BCUT2D eigenvalue weighted by atomic mass is 16.2. The van der Waals surface area contributed by atoms with Gasteiger partial charge in [0.25, 0.3) is 0 Å². The number of amides is 1. The van der Waals surface area contributed by atoms with E-state index in [1.807, 2.05) is 34.9 Å². The number of hydrogen-bond donors (Lipinski definition) is 2. The minimum absolute atomic E-state index is 0.145. The summed E-state index contributed by atoms with van der Waals surface area (Å²) in [5, 5.41) is 5.78. The van der Waals surface area contributed by atoms with Gasteiger partial charge in [-0.1, -0.05) is 18.2 Å². The van der Waals surface area contributed by atoms with Crippen molar-refractivity contribution in [3.63, 3.8) is 0 Å². The minimum Gasteiger partial charge on any atom is -0.359 e. The van der Waals surface area contributed by atoms with Crippen LogP contribution >= 0.6 is 0 Å². The molecule has 0 saturated carbocycles. The van der Waals surface area contributed by atoms with Crippen molar-refractivity contribution < 1.29 is 4.79 Å². The van der Waals surface area contributed by atoms with Crippen LogP contribution in [0.1, 0.15) is 0 Å². The number of nitrogens with one attached hydrogen (secondary N) is 2. The number of para-hydroxylation sites is 2. The molecule has 0 atom stereocenters. The highest BCUT2D eigenvalue weighted by Gasteiger charge is 2.12. The van der Waals surface area contributed by atoms with Gasteiger partial charge in [0.05, 0.1) is 11.0 Å². The van der Waals surface area contributed by atoms with Crippen molar-refractivity contribution in [1.82, 2.24) is 14.5 Å². The number of benzene rings is 1. The van der Waals surface area contributed by atoms with Crippen molar-refractivity contribution in [2.45, 2.75) is 6.54 Å². The molecule has 1 aromatic carbocycles. The van der Waals surface area contributed by atoms with Crippen LogP contribution in [0.5, 0.6) is 0 Å². The van der Waals surface area contributed by atoms with Gasteiger partial charge in [-0.05, 0) is 24.3 Å². The molecule has 0 spiro atoms. The first-order valence-corrected chi connectivity index (χ1v) is 6.62. The maximum Gasteiger partial charge on any atom is 0.245 e. The summed E-state index contributed by atoms with van der Waals surface area (Å²) in [5.74, 6) is 1.05. The van der Waals surface area contributed by atoms with Crippen LogP contribution in [-0.2, 0) is 11.3 Å². The molecule has 21 heavy (non-hydrogen) atoms. The third-order valence-corrected chi connectivity index (χ3v) is 3.11. The Labute approximate surface area is 121 Å². The number of nitrogens with zero attached hydrogens (tertiary/aromatic N) is 3. The SMILES string of the molecule is CNc1nc2ccccc2n1CC(=O)Nc1ccccn1. The molecule has 2 aromatic heterocycles. The Bertz CT molecular complexity index is 766. The van der Waals surface area contributed by atoms with Crippen LogP contribution in [0.3, 0.4) is 0 Å². The van der Waals surface area contributed by atoms with Gasteiger partial charge < -0.3 is 15.2 Å². The highest BCUT2D eigenvalue weighted by molar-refractivity contribution is 5.91. The van der Waals surface area contributed by atoms with Crippen LogP contribution in [0, 0.1) is 0 Å². The lowest BCUT2D eigenvalue weighted by Crippen LogP contribution is -2.20. The van der Waals surface area contributed by atoms with Gasteiger partial charge in [-0.15, -0.1) is 0 Å². The number of carbonyl (C=O) groups excluding carboxylic acids is 1. The fourth-order valence-corrected chi connectivity index (χ4v) is 2.19. The van der Waals surface area contributed by atoms with Gasteiger partial charge in [0, 0.05) is 13.2 Å². The number of imidazole rings is 1. The van der Waals surface area contributed by atoms with E-state index in [4.69, 9.17) is 0 Å². The summed E-state index contributed by atoms with van der Waals surface area (Å²) < 4.78 is 1.84. The molecule has 1 amide bonds. The quantitative estimate of drug-likeness (QED) is 0.768. The maximum atomic E-state index is 12.2. The lowest BCUT2D eigenvalue weighted by atomic mass is 10.3. The molecule has 0 radical (unpaired) electrons. The predicted molar refractivity (Wildman–Crippen MR) is 82.1 cm³/mol. The van der Waals surface area contributed by atoms with Gasteiger partial charge >= 0.3 is 0 Å². The maximum absolute atomic E-state index is 12.2. The molecule has 2 heterocycles. The Balaban J connectivity index is 1.85. The fraction of sp³-hybridized carbons (Fsp3) is 0.133. The third-order valence-electron chi connectivity index (χ3n) is 3.11. The van der Waals surface area contributed by atoms with Crippen LogP contribution in [0.4, 0.5) is 11.8 Å². The topological polar surface area (TPSA) is 71.8 Å². The van der Waals surface area contributed by atoms with Crippen molar-refractivity contribution >= 4 is 28.7 Å². The first kappa shape index (κ1) is 13.1. The molecular weight excluding hydrogens is 266 g/mol. The molecule has 106 valence electrons. The van der Waals surface area contributed by atoms with Gasteiger partial charge in [-0.2, -0.15) is 0 Å². The van der Waals surface area contributed by atoms with E-state index in [0.29, 0.717) is 11.8 Å². The number of carbonyl (C=O) groups is 1. The first-order chi connectivity index (χ1) is 10.3. The third kappa shape index (κ3) is 2.69. The number of fused-ring (bicyclic) bond motifs is 1. The van der Waals surface area contributed by atoms with E-state index in [0.717, 1.165) is 11.0 Å². The molecule has 0 bridgehead atoms. The van der Waals surface area contributed by atoms with E-state index in [1.165, 1.54) is 0 Å². The zero-order chi connectivity index (χ0) is 14.7. The summed E-state index contributed by atoms with van der Waals surface area (Å²) in [5.41, 5.74) is 1.77. The monoisotopic (exact) mass is 281 g/mol. The second kappa shape index (κ2) is 5.62. The number of aromatic nitrogens is 3. The smallest absolute Gasteiger partial charge is 0.245 e. The van der Waals surface area contributed by atoms with Crippen LogP contribution in [0.15, 0.2) is 48.7 Å². The molecule has 0 unspecified atom stereocenters. The standard InChI is InChI=1S/C15H15N5O/c1-16-15-18-11-6-2-3-7-12(11)20(15)10-14(21)19-13-8-4-5-9-17-13/h2-9H,10H2,1H3,(H,16,18)(H,17,19,21). The fourth-order valence-electron chi connectivity index (χ4n) is 2.19. The van der Waals surface area contributed by atoms with Gasteiger partial charge in [0.15, 0.2) is 0 Å². The Morgan fingerprint density at radius 2 is 2.00 bits per heavy atom. The van der Waals surface area contributed by atoms with E-state index in [1.54, 1.807) is 25.4 Å². The van der Waals surface area contributed by atoms with Crippen LogP contribution in [0.2, 0.25) is 0 Å². The Morgan fingerprint density at radius 3 is 2.76 bits per heavy atom. The molecule has 0 aliphatic rings. The number of rotatable bonds is 4. The molecule has 0 fully saturated rings. The second-order valence-electron chi connectivity index (χ2n) is 4.52. The van der Waals surface area contributed by atoms with Gasteiger partial charge in [0.1, 0.15) is 12.4 Å². The summed E-state index contributed by atoms with van der Waals surface area (Å²) >= 11 is 0. The van der Waals surface area contributed by atoms with Crippen LogP contribution < -0.4 is 10.6 Å². The zero-order valence-electron chi connectivity index (χ0n) is 11.6. The lowest BCUT2D eigenvalue weighted by molar-refractivity contribution is -0.116. The van der Waals surface area contributed by atoms with E-state index >= 15 is 0 Å². The molecule has 0 aliphatic carbocycles.